The second-order valence-corrected chi connectivity index (χ2v) is 5.59. The summed E-state index contributed by atoms with van der Waals surface area (Å²) in [6, 6.07) is 2.29. The molecule has 1 aliphatic rings. The molecule has 19 heavy (non-hydrogen) atoms. The SMILES string of the molecule is Cl.NC1CCC(C(=O)Nc2cc(F)c(I)c(F)c2)C1. The third kappa shape index (κ3) is 4.00. The van der Waals surface area contributed by atoms with Gasteiger partial charge in [0.15, 0.2) is 0 Å². The molecule has 0 aliphatic heterocycles. The number of halogens is 4. The number of carbonyl (C=O) groups excluding carboxylic acids is 1. The molecule has 0 bridgehead atoms. The van der Waals surface area contributed by atoms with E-state index in [-0.39, 0.29) is 39.5 Å². The molecule has 3 nitrogen and oxygen atoms in total. The highest BCUT2D eigenvalue weighted by Crippen LogP contribution is 2.26. The van der Waals surface area contributed by atoms with Crippen LogP contribution in [0, 0.1) is 21.1 Å². The molecule has 1 saturated carbocycles. The van der Waals surface area contributed by atoms with Gasteiger partial charge in [-0.05, 0) is 54.0 Å². The lowest BCUT2D eigenvalue weighted by atomic mass is 10.1. The summed E-state index contributed by atoms with van der Waals surface area (Å²) in [5.74, 6) is -1.73. The van der Waals surface area contributed by atoms with Crippen LogP contribution in [0.15, 0.2) is 12.1 Å². The Labute approximate surface area is 129 Å². The topological polar surface area (TPSA) is 55.1 Å². The van der Waals surface area contributed by atoms with E-state index in [4.69, 9.17) is 5.73 Å². The highest BCUT2D eigenvalue weighted by Gasteiger charge is 2.27. The zero-order valence-corrected chi connectivity index (χ0v) is 12.9. The first-order valence-electron chi connectivity index (χ1n) is 5.68. The summed E-state index contributed by atoms with van der Waals surface area (Å²) in [4.78, 5) is 11.9. The van der Waals surface area contributed by atoms with Crippen molar-refractivity contribution in [3.8, 4) is 0 Å². The van der Waals surface area contributed by atoms with Gasteiger partial charge in [0.1, 0.15) is 11.6 Å². The van der Waals surface area contributed by atoms with E-state index in [9.17, 15) is 13.6 Å². The summed E-state index contributed by atoms with van der Waals surface area (Å²) in [5, 5.41) is 2.54. The summed E-state index contributed by atoms with van der Waals surface area (Å²) in [7, 11) is 0. The Morgan fingerprint density at radius 2 is 1.89 bits per heavy atom. The van der Waals surface area contributed by atoms with Crippen molar-refractivity contribution < 1.29 is 13.6 Å². The Kier molecular flexibility index (Phi) is 5.94. The number of nitrogens with two attached hydrogens (primary N) is 1. The Morgan fingerprint density at radius 3 is 2.37 bits per heavy atom. The molecule has 106 valence electrons. The van der Waals surface area contributed by atoms with Crippen LogP contribution in [-0.4, -0.2) is 11.9 Å². The third-order valence-corrected chi connectivity index (χ3v) is 4.13. The van der Waals surface area contributed by atoms with Gasteiger partial charge < -0.3 is 11.1 Å². The summed E-state index contributed by atoms with van der Waals surface area (Å²) < 4.78 is 26.5. The number of anilines is 1. The van der Waals surface area contributed by atoms with E-state index in [1.165, 1.54) is 0 Å². The fourth-order valence-electron chi connectivity index (χ4n) is 2.13. The molecule has 1 aliphatic carbocycles. The smallest absolute Gasteiger partial charge is 0.227 e. The molecule has 1 aromatic rings. The van der Waals surface area contributed by atoms with Crippen LogP contribution in [0.2, 0.25) is 0 Å². The van der Waals surface area contributed by atoms with Gasteiger partial charge in [0.25, 0.3) is 0 Å². The van der Waals surface area contributed by atoms with E-state index in [1.54, 1.807) is 22.6 Å². The van der Waals surface area contributed by atoms with Crippen molar-refractivity contribution in [2.75, 3.05) is 5.32 Å². The molecule has 0 aromatic heterocycles. The van der Waals surface area contributed by atoms with Crippen LogP contribution < -0.4 is 11.1 Å². The molecule has 1 amide bonds. The zero-order chi connectivity index (χ0) is 13.3. The Balaban J connectivity index is 0.00000180. The lowest BCUT2D eigenvalue weighted by Crippen LogP contribution is -2.23. The first-order chi connectivity index (χ1) is 8.47. The lowest BCUT2D eigenvalue weighted by Gasteiger charge is -2.11. The molecule has 0 spiro atoms. The summed E-state index contributed by atoms with van der Waals surface area (Å²) in [5.41, 5.74) is 5.87. The Hall–Kier alpha value is -0.470. The van der Waals surface area contributed by atoms with Crippen LogP contribution in [0.5, 0.6) is 0 Å². The lowest BCUT2D eigenvalue weighted by molar-refractivity contribution is -0.119. The van der Waals surface area contributed by atoms with Gasteiger partial charge in [0.2, 0.25) is 5.91 Å². The number of hydrogen-bond donors (Lipinski definition) is 2. The van der Waals surface area contributed by atoms with Crippen LogP contribution in [0.4, 0.5) is 14.5 Å². The molecular formula is C12H14ClF2IN2O. The second kappa shape index (κ2) is 6.81. The molecule has 7 heteroatoms. The standard InChI is InChI=1S/C12H13F2IN2O.ClH/c13-9-4-8(5-10(14)11(9)15)17-12(18)6-1-2-7(16)3-6;/h4-7H,1-3,16H2,(H,17,18);1H. The minimum atomic E-state index is -0.672. The van der Waals surface area contributed by atoms with Gasteiger partial charge in [-0.1, -0.05) is 0 Å². The normalized spacial score (nSPS) is 21.9. The van der Waals surface area contributed by atoms with Crippen molar-refractivity contribution in [1.29, 1.82) is 0 Å². The van der Waals surface area contributed by atoms with E-state index in [0.717, 1.165) is 25.0 Å². The van der Waals surface area contributed by atoms with Crippen LogP contribution in [0.25, 0.3) is 0 Å². The second-order valence-electron chi connectivity index (χ2n) is 4.51. The fourth-order valence-corrected chi connectivity index (χ4v) is 2.44. The van der Waals surface area contributed by atoms with Gasteiger partial charge in [-0.2, -0.15) is 0 Å². The van der Waals surface area contributed by atoms with E-state index < -0.39 is 11.6 Å². The minimum absolute atomic E-state index is 0. The van der Waals surface area contributed by atoms with E-state index >= 15 is 0 Å². The molecule has 3 N–H and O–H groups in total. The van der Waals surface area contributed by atoms with Crippen molar-refractivity contribution in [1.82, 2.24) is 0 Å². The number of benzene rings is 1. The van der Waals surface area contributed by atoms with Gasteiger partial charge in [-0.3, -0.25) is 4.79 Å². The molecule has 2 unspecified atom stereocenters. The maximum absolute atomic E-state index is 13.3. The Bertz CT molecular complexity index is 464. The van der Waals surface area contributed by atoms with E-state index in [0.29, 0.717) is 6.42 Å². The molecule has 1 fully saturated rings. The number of amides is 1. The predicted octanol–water partition coefficient (Wildman–Crippen LogP) is 3.06. The summed E-state index contributed by atoms with van der Waals surface area (Å²) in [6.45, 7) is 0. The number of nitrogens with one attached hydrogen (secondary N) is 1. The average molecular weight is 403 g/mol. The third-order valence-electron chi connectivity index (χ3n) is 3.10. The van der Waals surface area contributed by atoms with Crippen molar-refractivity contribution >= 4 is 46.6 Å². The number of rotatable bonds is 2. The van der Waals surface area contributed by atoms with Crippen LogP contribution in [0.1, 0.15) is 19.3 Å². The fraction of sp³-hybridized carbons (Fsp3) is 0.417. The largest absolute Gasteiger partial charge is 0.328 e. The first-order valence-corrected chi connectivity index (χ1v) is 6.76. The molecule has 0 heterocycles. The predicted molar refractivity (Wildman–Crippen MR) is 80.3 cm³/mol. The van der Waals surface area contributed by atoms with Gasteiger partial charge in [-0.25, -0.2) is 8.78 Å². The molecule has 1 aromatic carbocycles. The molecule has 2 rings (SSSR count). The molecule has 2 atom stereocenters. The molecular weight excluding hydrogens is 388 g/mol. The zero-order valence-electron chi connectivity index (χ0n) is 9.96. The molecule has 0 radical (unpaired) electrons. The quantitative estimate of drug-likeness (QED) is 0.590. The van der Waals surface area contributed by atoms with Gasteiger partial charge in [-0.15, -0.1) is 12.4 Å². The van der Waals surface area contributed by atoms with Crippen LogP contribution >= 0.6 is 35.0 Å². The average Bonchev–Trinajstić information content (AvgIpc) is 2.72. The monoisotopic (exact) mass is 402 g/mol. The van der Waals surface area contributed by atoms with Crippen molar-refractivity contribution in [3.63, 3.8) is 0 Å². The molecule has 0 saturated heterocycles. The van der Waals surface area contributed by atoms with Crippen LogP contribution in [-0.2, 0) is 4.79 Å². The maximum atomic E-state index is 13.3. The number of hydrogen-bond acceptors (Lipinski definition) is 2. The highest BCUT2D eigenvalue weighted by molar-refractivity contribution is 14.1. The maximum Gasteiger partial charge on any atom is 0.227 e. The van der Waals surface area contributed by atoms with Crippen molar-refractivity contribution in [3.05, 3.63) is 27.3 Å². The first kappa shape index (κ1) is 16.6. The van der Waals surface area contributed by atoms with E-state index in [1.807, 2.05) is 0 Å². The van der Waals surface area contributed by atoms with Gasteiger partial charge in [0, 0.05) is 17.6 Å². The van der Waals surface area contributed by atoms with Crippen LogP contribution in [0.3, 0.4) is 0 Å². The van der Waals surface area contributed by atoms with Gasteiger partial charge >= 0.3 is 0 Å². The summed E-state index contributed by atoms with van der Waals surface area (Å²) in [6.07, 6.45) is 2.16. The Morgan fingerprint density at radius 1 is 1.32 bits per heavy atom. The highest BCUT2D eigenvalue weighted by atomic mass is 127. The number of carbonyl (C=O) groups is 1. The minimum Gasteiger partial charge on any atom is -0.328 e. The van der Waals surface area contributed by atoms with Crippen molar-refractivity contribution in [2.24, 2.45) is 11.7 Å². The van der Waals surface area contributed by atoms with Crippen molar-refractivity contribution in [2.45, 2.75) is 25.3 Å². The summed E-state index contributed by atoms with van der Waals surface area (Å²) >= 11 is 1.58. The van der Waals surface area contributed by atoms with E-state index in [2.05, 4.69) is 5.32 Å². The van der Waals surface area contributed by atoms with Gasteiger partial charge in [0.05, 0.1) is 3.57 Å².